The Labute approximate surface area is 125 Å². The highest BCUT2D eigenvalue weighted by Gasteiger charge is 2.53. The Hall–Kier alpha value is -1.85. The Morgan fingerprint density at radius 2 is 2.14 bits per heavy atom. The molecule has 0 radical (unpaired) electrons. The second kappa shape index (κ2) is 5.11. The van der Waals surface area contributed by atoms with E-state index in [-0.39, 0.29) is 0 Å². The second-order valence-electron chi connectivity index (χ2n) is 5.45. The lowest BCUT2D eigenvalue weighted by atomic mass is 10.0. The molecule has 0 aromatic carbocycles. The summed E-state index contributed by atoms with van der Waals surface area (Å²) in [5.41, 5.74) is 4.53. The molecule has 3 heterocycles. The highest BCUT2D eigenvalue weighted by Crippen LogP contribution is 2.35. The number of ether oxygens (including phenoxy) is 1. The summed E-state index contributed by atoms with van der Waals surface area (Å²) in [6, 6.07) is 0. The van der Waals surface area contributed by atoms with Crippen LogP contribution in [0.25, 0.3) is 11.2 Å². The van der Waals surface area contributed by atoms with E-state index in [4.69, 9.17) is 10.5 Å². The van der Waals surface area contributed by atoms with Crippen LogP contribution >= 0.6 is 0 Å². The highest BCUT2D eigenvalue weighted by molar-refractivity contribution is 5.83. The minimum Gasteiger partial charge on any atom is -0.393 e. The van der Waals surface area contributed by atoms with E-state index >= 15 is 0 Å². The van der Waals surface area contributed by atoms with Crippen LogP contribution < -0.4 is 10.6 Å². The molecule has 0 bridgehead atoms. The Bertz CT molecular complexity index is 687. The first-order chi connectivity index (χ1) is 10.4. The van der Waals surface area contributed by atoms with Crippen LogP contribution in [-0.4, -0.2) is 73.5 Å². The molecule has 5 N–H and O–H groups in total. The first-order valence-electron chi connectivity index (χ1n) is 6.68. The monoisotopic (exact) mass is 310 g/mol. The van der Waals surface area contributed by atoms with E-state index in [1.807, 2.05) is 14.1 Å². The number of imidazole rings is 1. The summed E-state index contributed by atoms with van der Waals surface area (Å²) in [7, 11) is 3.64. The summed E-state index contributed by atoms with van der Waals surface area (Å²) in [4.78, 5) is 14.3. The Kier molecular flexibility index (Phi) is 3.50. The molecule has 120 valence electrons. The van der Waals surface area contributed by atoms with Crippen LogP contribution in [0.3, 0.4) is 0 Å². The van der Waals surface area contributed by atoms with E-state index in [2.05, 4.69) is 15.0 Å². The Balaban J connectivity index is 2.07. The largest absolute Gasteiger partial charge is 0.393 e. The van der Waals surface area contributed by atoms with Crippen molar-refractivity contribution in [2.75, 3.05) is 25.6 Å². The molecule has 0 unspecified atom stereocenters. The molecule has 2 aromatic rings. The number of nitrogens with two attached hydrogens (primary N) is 1. The number of aliphatic hydroxyl groups excluding tert-OH is 2. The van der Waals surface area contributed by atoms with Crippen molar-refractivity contribution in [1.29, 1.82) is 0 Å². The lowest BCUT2D eigenvalue weighted by Crippen LogP contribution is -2.56. The molecular formula is C12H18N6O4. The maximum Gasteiger partial charge on any atom is 0.173 e. The topological polar surface area (TPSA) is 143 Å². The molecule has 1 aliphatic heterocycles. The van der Waals surface area contributed by atoms with Crippen LogP contribution in [0.15, 0.2) is 12.7 Å². The highest BCUT2D eigenvalue weighted by atomic mass is 16.6. The van der Waals surface area contributed by atoms with Gasteiger partial charge in [-0.25, -0.2) is 15.0 Å². The van der Waals surface area contributed by atoms with Gasteiger partial charge < -0.3 is 25.0 Å². The predicted octanol–water partition coefficient (Wildman–Crippen LogP) is -2.21. The third-order valence-electron chi connectivity index (χ3n) is 3.77. The van der Waals surface area contributed by atoms with Crippen LogP contribution in [0.5, 0.6) is 0 Å². The number of aromatic nitrogens is 4. The van der Waals surface area contributed by atoms with Crippen LogP contribution in [0, 0.1) is 0 Å². The number of rotatable bonds is 3. The summed E-state index contributed by atoms with van der Waals surface area (Å²) in [6.45, 7) is -0.523. The molecule has 4 atom stereocenters. The molecule has 3 rings (SSSR count). The smallest absolute Gasteiger partial charge is 0.173 e. The molecule has 10 heteroatoms. The van der Waals surface area contributed by atoms with Gasteiger partial charge in [0.1, 0.15) is 18.5 Å². The third kappa shape index (κ3) is 2.04. The van der Waals surface area contributed by atoms with Crippen molar-refractivity contribution in [2.45, 2.75) is 24.2 Å². The maximum absolute atomic E-state index is 10.2. The number of hydrogen-bond acceptors (Lipinski definition) is 9. The summed E-state index contributed by atoms with van der Waals surface area (Å²) in [5, 5.41) is 29.5. The van der Waals surface area contributed by atoms with Crippen LogP contribution in [-0.2, 0) is 4.74 Å². The van der Waals surface area contributed by atoms with Crippen molar-refractivity contribution in [3.63, 3.8) is 0 Å². The minimum absolute atomic E-state index is 0.428. The zero-order valence-electron chi connectivity index (χ0n) is 12.2. The molecule has 22 heavy (non-hydrogen) atoms. The van der Waals surface area contributed by atoms with Crippen molar-refractivity contribution in [3.05, 3.63) is 12.7 Å². The van der Waals surface area contributed by atoms with Gasteiger partial charge in [0.2, 0.25) is 0 Å². The molecule has 0 saturated carbocycles. The molecule has 2 aromatic heterocycles. The predicted molar refractivity (Wildman–Crippen MR) is 75.8 cm³/mol. The molecule has 10 nitrogen and oxygen atoms in total. The molecule has 0 aliphatic carbocycles. The number of aliphatic hydroxyl groups is 3. The zero-order chi connectivity index (χ0) is 16.1. The van der Waals surface area contributed by atoms with Crippen molar-refractivity contribution in [3.8, 4) is 0 Å². The van der Waals surface area contributed by atoms with E-state index in [0.717, 1.165) is 0 Å². The normalized spacial score (nSPS) is 31.8. The quantitative estimate of drug-likeness (QED) is 0.464. The number of fused-ring (bicyclic) bond motifs is 1. The van der Waals surface area contributed by atoms with E-state index < -0.39 is 30.8 Å². The molecule has 0 spiro atoms. The van der Waals surface area contributed by atoms with E-state index in [1.54, 1.807) is 4.90 Å². The Morgan fingerprint density at radius 3 is 2.73 bits per heavy atom. The summed E-state index contributed by atoms with van der Waals surface area (Å²) < 4.78 is 6.93. The standard InChI is InChI=1S/C12H18N6O4/c1-17(2)9-7-10(15-4-14-9)18(5-16-7)11-8(20)12(13,21)6(3-19)22-11/h4-6,8,11,19-21H,3,13H2,1-2H3/t6-,8+,11-,12-/m1/s1. The fraction of sp³-hybridized carbons (Fsp3) is 0.583. The van der Waals surface area contributed by atoms with E-state index in [1.165, 1.54) is 17.2 Å². The van der Waals surface area contributed by atoms with Crippen molar-refractivity contribution in [2.24, 2.45) is 5.73 Å². The molecule has 1 saturated heterocycles. The first-order valence-corrected chi connectivity index (χ1v) is 6.68. The molecule has 1 aliphatic rings. The lowest BCUT2D eigenvalue weighted by molar-refractivity contribution is -0.0885. The Morgan fingerprint density at radius 1 is 1.41 bits per heavy atom. The molecular weight excluding hydrogens is 292 g/mol. The van der Waals surface area contributed by atoms with Gasteiger partial charge in [-0.05, 0) is 0 Å². The van der Waals surface area contributed by atoms with Gasteiger partial charge in [0.25, 0.3) is 0 Å². The van der Waals surface area contributed by atoms with Gasteiger partial charge in [0, 0.05) is 14.1 Å². The minimum atomic E-state index is -2.06. The maximum atomic E-state index is 10.2. The third-order valence-corrected chi connectivity index (χ3v) is 3.77. The number of nitrogens with zero attached hydrogens (tertiary/aromatic N) is 5. The van der Waals surface area contributed by atoms with Crippen LogP contribution in [0.2, 0.25) is 0 Å². The fourth-order valence-corrected chi connectivity index (χ4v) is 2.53. The van der Waals surface area contributed by atoms with Gasteiger partial charge in [-0.3, -0.25) is 10.3 Å². The fourth-order valence-electron chi connectivity index (χ4n) is 2.53. The summed E-state index contributed by atoms with van der Waals surface area (Å²) in [6.07, 6.45) is -0.771. The summed E-state index contributed by atoms with van der Waals surface area (Å²) >= 11 is 0. The lowest BCUT2D eigenvalue weighted by Gasteiger charge is -2.24. The van der Waals surface area contributed by atoms with Gasteiger partial charge in [0.05, 0.1) is 12.9 Å². The zero-order valence-corrected chi connectivity index (χ0v) is 12.2. The van der Waals surface area contributed by atoms with Crippen LogP contribution in [0.1, 0.15) is 6.23 Å². The van der Waals surface area contributed by atoms with E-state index in [9.17, 15) is 15.3 Å². The van der Waals surface area contributed by atoms with Crippen molar-refractivity contribution in [1.82, 2.24) is 19.5 Å². The average Bonchev–Trinajstić information content (AvgIpc) is 2.99. The average molecular weight is 310 g/mol. The first kappa shape index (κ1) is 15.1. The second-order valence-corrected chi connectivity index (χ2v) is 5.45. The van der Waals surface area contributed by atoms with Gasteiger partial charge >= 0.3 is 0 Å². The van der Waals surface area contributed by atoms with Gasteiger partial charge in [0.15, 0.2) is 28.9 Å². The summed E-state index contributed by atoms with van der Waals surface area (Å²) in [5.74, 6) is 0.609. The molecule has 0 amide bonds. The molecule has 1 fully saturated rings. The number of hydrogen-bond donors (Lipinski definition) is 4. The number of anilines is 1. The van der Waals surface area contributed by atoms with E-state index in [0.29, 0.717) is 17.0 Å². The van der Waals surface area contributed by atoms with Crippen LogP contribution in [0.4, 0.5) is 5.82 Å². The van der Waals surface area contributed by atoms with Gasteiger partial charge in [-0.15, -0.1) is 0 Å². The van der Waals surface area contributed by atoms with Gasteiger partial charge in [-0.2, -0.15) is 0 Å². The SMILES string of the molecule is CN(C)c1ncnc2c1ncn2[C@@H]1O[C@H](CO)[C@@](N)(O)[C@H]1O. The van der Waals surface area contributed by atoms with Gasteiger partial charge in [-0.1, -0.05) is 0 Å². The van der Waals surface area contributed by atoms with Crippen molar-refractivity contribution < 1.29 is 20.1 Å². The van der Waals surface area contributed by atoms with Crippen molar-refractivity contribution >= 4 is 17.0 Å².